The van der Waals surface area contributed by atoms with Gasteiger partial charge in [0.25, 0.3) is 0 Å². The molecule has 2 N–H and O–H groups in total. The van der Waals surface area contributed by atoms with Gasteiger partial charge in [0.1, 0.15) is 5.75 Å². The lowest BCUT2D eigenvalue weighted by atomic mass is 9.89. The topological polar surface area (TPSA) is 35.2 Å². The molecule has 0 heterocycles. The Morgan fingerprint density at radius 1 is 1.05 bits per heavy atom. The highest BCUT2D eigenvalue weighted by molar-refractivity contribution is 5.87. The fourth-order valence-corrected chi connectivity index (χ4v) is 4.44. The molecule has 3 atom stereocenters. The van der Waals surface area contributed by atoms with Crippen LogP contribution in [-0.2, 0) is 6.54 Å². The van der Waals surface area contributed by atoms with Crippen LogP contribution in [0.2, 0.25) is 0 Å². The number of hydrogen-bond acceptors (Lipinski definition) is 2. The molecule has 0 radical (unpaired) electrons. The van der Waals surface area contributed by atoms with Crippen molar-refractivity contribution in [2.75, 3.05) is 6.61 Å². The van der Waals surface area contributed by atoms with Crippen LogP contribution in [0, 0.1) is 17.8 Å². The van der Waals surface area contributed by atoms with Gasteiger partial charge in [-0.1, -0.05) is 36.8 Å². The van der Waals surface area contributed by atoms with Crippen LogP contribution in [0.5, 0.6) is 5.75 Å². The van der Waals surface area contributed by atoms with Crippen LogP contribution in [-0.4, -0.2) is 6.61 Å². The van der Waals surface area contributed by atoms with Gasteiger partial charge in [0, 0.05) is 12.1 Å². The summed E-state index contributed by atoms with van der Waals surface area (Å²) in [5.74, 6) is 3.64. The maximum Gasteiger partial charge on any atom is 0.124 e. The number of hydrogen-bond donors (Lipinski definition) is 1. The average molecular weight is 281 g/mol. The minimum Gasteiger partial charge on any atom is -0.493 e. The number of rotatable bonds is 4. The average Bonchev–Trinajstić information content (AvgIpc) is 3.15. The summed E-state index contributed by atoms with van der Waals surface area (Å²) in [6.45, 7) is 1.40. The molecule has 0 spiro atoms. The van der Waals surface area contributed by atoms with Crippen LogP contribution in [0.3, 0.4) is 0 Å². The molecule has 2 aliphatic rings. The molecule has 0 aliphatic heterocycles. The van der Waals surface area contributed by atoms with Crippen molar-refractivity contribution in [3.8, 4) is 5.75 Å². The van der Waals surface area contributed by atoms with Crippen molar-refractivity contribution in [3.63, 3.8) is 0 Å². The summed E-state index contributed by atoms with van der Waals surface area (Å²) in [6.07, 6.45) is 5.68. The summed E-state index contributed by atoms with van der Waals surface area (Å²) < 4.78 is 6.19. The van der Waals surface area contributed by atoms with Crippen LogP contribution in [0.25, 0.3) is 10.8 Å². The van der Waals surface area contributed by atoms with Gasteiger partial charge in [0.15, 0.2) is 0 Å². The summed E-state index contributed by atoms with van der Waals surface area (Å²) in [6, 6.07) is 12.7. The van der Waals surface area contributed by atoms with Gasteiger partial charge >= 0.3 is 0 Å². The zero-order chi connectivity index (χ0) is 14.2. The standard InChI is InChI=1S/C19H23NO/c20-11-18-17-4-2-1-3-14(17)7-8-19(18)21-12-16-10-13-5-6-15(16)9-13/h1-4,7-8,13,15-16H,5-6,9-12,20H2. The fourth-order valence-electron chi connectivity index (χ4n) is 4.44. The quantitative estimate of drug-likeness (QED) is 0.915. The van der Waals surface area contributed by atoms with E-state index in [0.29, 0.717) is 6.54 Å². The number of ether oxygens (including phenoxy) is 1. The number of fused-ring (bicyclic) bond motifs is 3. The zero-order valence-electron chi connectivity index (χ0n) is 12.4. The fraction of sp³-hybridized carbons (Fsp3) is 0.474. The van der Waals surface area contributed by atoms with E-state index >= 15 is 0 Å². The first-order valence-corrected chi connectivity index (χ1v) is 8.18. The third-order valence-electron chi connectivity index (χ3n) is 5.54. The molecule has 0 amide bonds. The van der Waals surface area contributed by atoms with E-state index in [1.165, 1.54) is 36.5 Å². The first-order valence-electron chi connectivity index (χ1n) is 8.18. The van der Waals surface area contributed by atoms with Gasteiger partial charge in [-0.25, -0.2) is 0 Å². The Balaban J connectivity index is 1.56. The molecule has 4 rings (SSSR count). The second-order valence-corrected chi connectivity index (χ2v) is 6.71. The number of benzene rings is 2. The van der Waals surface area contributed by atoms with E-state index in [1.807, 2.05) is 0 Å². The molecule has 21 heavy (non-hydrogen) atoms. The van der Waals surface area contributed by atoms with E-state index in [1.54, 1.807) is 0 Å². The van der Waals surface area contributed by atoms with Crippen molar-refractivity contribution in [2.24, 2.45) is 23.5 Å². The van der Waals surface area contributed by atoms with Crippen molar-refractivity contribution in [1.82, 2.24) is 0 Å². The Morgan fingerprint density at radius 3 is 2.71 bits per heavy atom. The predicted octanol–water partition coefficient (Wildman–Crippen LogP) is 4.11. The normalized spacial score (nSPS) is 27.4. The van der Waals surface area contributed by atoms with E-state index in [0.717, 1.165) is 35.7 Å². The molecule has 2 nitrogen and oxygen atoms in total. The SMILES string of the molecule is NCc1c(OCC2CC3CCC2C3)ccc2ccccc12. The van der Waals surface area contributed by atoms with Gasteiger partial charge in [-0.2, -0.15) is 0 Å². The van der Waals surface area contributed by atoms with Crippen LogP contribution in [0.1, 0.15) is 31.2 Å². The zero-order valence-corrected chi connectivity index (χ0v) is 12.4. The van der Waals surface area contributed by atoms with Gasteiger partial charge in [-0.3, -0.25) is 0 Å². The molecule has 2 aromatic rings. The Hall–Kier alpha value is -1.54. The Bertz CT molecular complexity index is 651. The molecular weight excluding hydrogens is 258 g/mol. The molecular formula is C19H23NO. The predicted molar refractivity (Wildman–Crippen MR) is 86.3 cm³/mol. The minimum atomic E-state index is 0.535. The monoisotopic (exact) mass is 281 g/mol. The lowest BCUT2D eigenvalue weighted by Gasteiger charge is -2.22. The number of nitrogens with two attached hydrogens (primary N) is 1. The Labute approximate surface area is 126 Å². The first-order chi connectivity index (χ1) is 10.3. The third-order valence-corrected chi connectivity index (χ3v) is 5.54. The van der Waals surface area contributed by atoms with Crippen molar-refractivity contribution in [3.05, 3.63) is 42.0 Å². The minimum absolute atomic E-state index is 0.535. The van der Waals surface area contributed by atoms with Crippen LogP contribution >= 0.6 is 0 Å². The second kappa shape index (κ2) is 5.34. The second-order valence-electron chi connectivity index (χ2n) is 6.71. The van der Waals surface area contributed by atoms with E-state index in [2.05, 4.69) is 36.4 Å². The van der Waals surface area contributed by atoms with E-state index in [4.69, 9.17) is 10.5 Å². The highest BCUT2D eigenvalue weighted by Gasteiger charge is 2.39. The van der Waals surface area contributed by atoms with Gasteiger partial charge < -0.3 is 10.5 Å². The molecule has 3 unspecified atom stereocenters. The summed E-state index contributed by atoms with van der Waals surface area (Å²) >= 11 is 0. The van der Waals surface area contributed by atoms with E-state index in [9.17, 15) is 0 Å². The molecule has 2 aromatic carbocycles. The molecule has 2 bridgehead atoms. The lowest BCUT2D eigenvalue weighted by Crippen LogP contribution is -2.19. The van der Waals surface area contributed by atoms with Crippen LogP contribution < -0.4 is 10.5 Å². The Morgan fingerprint density at radius 2 is 1.95 bits per heavy atom. The third kappa shape index (κ3) is 2.32. The van der Waals surface area contributed by atoms with Gasteiger partial charge in [0.2, 0.25) is 0 Å². The van der Waals surface area contributed by atoms with Crippen molar-refractivity contribution >= 4 is 10.8 Å². The molecule has 2 aliphatic carbocycles. The van der Waals surface area contributed by atoms with Crippen molar-refractivity contribution in [1.29, 1.82) is 0 Å². The van der Waals surface area contributed by atoms with Crippen LogP contribution in [0.4, 0.5) is 0 Å². The van der Waals surface area contributed by atoms with E-state index < -0.39 is 0 Å². The Kier molecular flexibility index (Phi) is 3.34. The summed E-state index contributed by atoms with van der Waals surface area (Å²) in [7, 11) is 0. The first kappa shape index (κ1) is 13.1. The maximum atomic E-state index is 6.19. The molecule has 2 fully saturated rings. The van der Waals surface area contributed by atoms with Gasteiger partial charge in [-0.05, 0) is 53.9 Å². The highest BCUT2D eigenvalue weighted by Crippen LogP contribution is 2.48. The molecule has 2 heteroatoms. The van der Waals surface area contributed by atoms with Crippen molar-refractivity contribution < 1.29 is 4.74 Å². The summed E-state index contributed by atoms with van der Waals surface area (Å²) in [4.78, 5) is 0. The lowest BCUT2D eigenvalue weighted by molar-refractivity contribution is 0.194. The largest absolute Gasteiger partial charge is 0.493 e. The molecule has 0 aromatic heterocycles. The van der Waals surface area contributed by atoms with Gasteiger partial charge in [-0.15, -0.1) is 0 Å². The van der Waals surface area contributed by atoms with E-state index in [-0.39, 0.29) is 0 Å². The maximum absolute atomic E-state index is 6.19. The highest BCUT2D eigenvalue weighted by atomic mass is 16.5. The van der Waals surface area contributed by atoms with Gasteiger partial charge in [0.05, 0.1) is 6.61 Å². The summed E-state index contributed by atoms with van der Waals surface area (Å²) in [5, 5.41) is 2.47. The van der Waals surface area contributed by atoms with Crippen LogP contribution in [0.15, 0.2) is 36.4 Å². The smallest absolute Gasteiger partial charge is 0.124 e. The molecule has 2 saturated carbocycles. The molecule has 0 saturated heterocycles. The van der Waals surface area contributed by atoms with Crippen molar-refractivity contribution in [2.45, 2.75) is 32.2 Å². The summed E-state index contributed by atoms with van der Waals surface area (Å²) in [5.41, 5.74) is 7.13. The molecule has 110 valence electrons.